The van der Waals surface area contributed by atoms with Crippen LogP contribution < -0.4 is 0 Å². The van der Waals surface area contributed by atoms with Crippen LogP contribution >= 0.6 is 0 Å². The first kappa shape index (κ1) is 39.6. The minimum Gasteiger partial charge on any atom is -0.508 e. The zero-order valence-electron chi connectivity index (χ0n) is 28.0. The second kappa shape index (κ2) is 14.8. The highest BCUT2D eigenvalue weighted by Gasteiger charge is 2.81. The van der Waals surface area contributed by atoms with Crippen LogP contribution in [0.15, 0.2) is 18.2 Å². The summed E-state index contributed by atoms with van der Waals surface area (Å²) in [7, 11) is 1.88. The van der Waals surface area contributed by atoms with E-state index in [0.29, 0.717) is 43.6 Å². The average Bonchev–Trinajstić information content (AvgIpc) is 3.27. The smallest absolute Gasteiger partial charge is 0.460 e. The first-order chi connectivity index (χ1) is 22.7. The van der Waals surface area contributed by atoms with Crippen molar-refractivity contribution in [3.05, 3.63) is 29.3 Å². The first-order valence-electron chi connectivity index (χ1n) is 17.3. The molecule has 0 saturated heterocycles. The zero-order valence-corrected chi connectivity index (χ0v) is 28.0. The highest BCUT2D eigenvalue weighted by molar-refractivity contribution is 5.41. The molecule has 2 fully saturated rings. The number of aliphatic hydroxyl groups is 1. The minimum atomic E-state index is -6.84. The van der Waals surface area contributed by atoms with E-state index in [2.05, 4.69) is 12.8 Å². The molecule has 3 aliphatic rings. The van der Waals surface area contributed by atoms with E-state index in [0.717, 1.165) is 63.5 Å². The monoisotopic (exact) mass is 715 g/mol. The molecule has 0 amide bonds. The Morgan fingerprint density at radius 3 is 2.12 bits per heavy atom. The molecular formula is C36H47F10NO2. The lowest BCUT2D eigenvalue weighted by Crippen LogP contribution is -2.60. The summed E-state index contributed by atoms with van der Waals surface area (Å²) in [5, 5.41) is 21.6. The van der Waals surface area contributed by atoms with Gasteiger partial charge in [-0.1, -0.05) is 38.7 Å². The molecular weight excluding hydrogens is 668 g/mol. The third-order valence-electron chi connectivity index (χ3n) is 11.9. The zero-order chi connectivity index (χ0) is 36.5. The van der Waals surface area contributed by atoms with Crippen LogP contribution in [0.4, 0.5) is 43.9 Å². The summed E-state index contributed by atoms with van der Waals surface area (Å²) in [5.41, 5.74) is 0.555. The predicted molar refractivity (Wildman–Crippen MR) is 165 cm³/mol. The summed E-state index contributed by atoms with van der Waals surface area (Å²) in [4.78, 5) is 2.04. The van der Waals surface area contributed by atoms with Gasteiger partial charge in [-0.25, -0.2) is 0 Å². The fourth-order valence-corrected chi connectivity index (χ4v) is 9.08. The van der Waals surface area contributed by atoms with Crippen molar-refractivity contribution in [1.29, 1.82) is 0 Å². The van der Waals surface area contributed by atoms with E-state index in [1.165, 1.54) is 11.7 Å². The lowest BCUT2D eigenvalue weighted by atomic mass is 9.50. The maximum atomic E-state index is 13.7. The Balaban J connectivity index is 1.21. The highest BCUT2D eigenvalue weighted by Crippen LogP contribution is 2.65. The van der Waals surface area contributed by atoms with Crippen molar-refractivity contribution in [2.75, 3.05) is 20.1 Å². The molecule has 13 heteroatoms. The van der Waals surface area contributed by atoms with Crippen molar-refractivity contribution in [2.45, 2.75) is 132 Å². The normalized spacial score (nSPS) is 28.9. The molecule has 278 valence electrons. The molecule has 0 heterocycles. The molecule has 49 heavy (non-hydrogen) atoms. The molecule has 3 aliphatic carbocycles. The maximum absolute atomic E-state index is 13.7. The van der Waals surface area contributed by atoms with E-state index >= 15 is 0 Å². The first-order valence-corrected chi connectivity index (χ1v) is 17.3. The van der Waals surface area contributed by atoms with Crippen molar-refractivity contribution < 1.29 is 54.1 Å². The van der Waals surface area contributed by atoms with Gasteiger partial charge in [0.25, 0.3) is 0 Å². The number of benzene rings is 1. The van der Waals surface area contributed by atoms with Crippen molar-refractivity contribution in [3.63, 3.8) is 0 Å². The molecule has 0 unspecified atom stereocenters. The minimum absolute atomic E-state index is 0.0145. The molecule has 0 spiro atoms. The third-order valence-corrected chi connectivity index (χ3v) is 11.9. The predicted octanol–water partition coefficient (Wildman–Crippen LogP) is 10.0. The van der Waals surface area contributed by atoms with Crippen LogP contribution in [0.1, 0.15) is 107 Å². The number of halogens is 10. The van der Waals surface area contributed by atoms with Crippen molar-refractivity contribution in [1.82, 2.24) is 4.90 Å². The molecule has 0 aromatic heterocycles. The van der Waals surface area contributed by atoms with E-state index < -0.39 is 47.8 Å². The molecule has 0 bridgehead atoms. The molecule has 1 aromatic carbocycles. The van der Waals surface area contributed by atoms with Gasteiger partial charge >= 0.3 is 23.9 Å². The lowest BCUT2D eigenvalue weighted by molar-refractivity contribution is -0.396. The standard InChI is InChI=1S/C36H47F10NO2/c1-31-16-13-28-27-12-11-26(48)23-25(27)22-24(30(28)29(31)14-17-32(31,49)18-19-37)10-6-5-9-21-47(2)20-8-4-3-7-15-33(38,39)34(40,41)35(42,43)36(44,45)46/h11-12,23-24,28-30,48-49H,3-10,13-17,20-22H2,1-2H3/t24-,28-,29+,30-,31+,32+/m1/s1. The summed E-state index contributed by atoms with van der Waals surface area (Å²) >= 11 is 0. The maximum Gasteiger partial charge on any atom is 0.460 e. The van der Waals surface area contributed by atoms with Crippen LogP contribution in [0.25, 0.3) is 0 Å². The van der Waals surface area contributed by atoms with Gasteiger partial charge in [-0.15, -0.1) is 4.39 Å². The van der Waals surface area contributed by atoms with Crippen molar-refractivity contribution in [2.24, 2.45) is 23.2 Å². The number of aromatic hydroxyl groups is 1. The largest absolute Gasteiger partial charge is 0.508 e. The number of hydrogen-bond donors (Lipinski definition) is 2. The van der Waals surface area contributed by atoms with E-state index in [-0.39, 0.29) is 18.1 Å². The Morgan fingerprint density at radius 1 is 0.857 bits per heavy atom. The molecule has 6 atom stereocenters. The fraction of sp³-hybridized carbons (Fsp3) is 0.778. The van der Waals surface area contributed by atoms with E-state index in [1.807, 2.05) is 24.1 Å². The summed E-state index contributed by atoms with van der Waals surface area (Å²) < 4.78 is 130. The number of alkyl halides is 9. The quantitative estimate of drug-likeness (QED) is 0.108. The lowest BCUT2D eigenvalue weighted by Gasteiger charge is -2.54. The third kappa shape index (κ3) is 7.70. The van der Waals surface area contributed by atoms with Crippen molar-refractivity contribution >= 4 is 0 Å². The SMILES string of the molecule is CN(CCCCCCC(F)(F)C(F)(F)C(F)(F)C(F)(F)F)CCCCC[C@@H]1Cc2cc(O)ccc2[C@H]2CC[C@@]3(C)[C@@H](CC[C@]3(O)C#CF)[C@H]12. The number of phenolic OH excluding ortho intramolecular Hbond substituents is 1. The highest BCUT2D eigenvalue weighted by atomic mass is 19.4. The van der Waals surface area contributed by atoms with Crippen LogP contribution in [0, 0.1) is 35.3 Å². The van der Waals surface area contributed by atoms with Crippen LogP contribution in [0.2, 0.25) is 0 Å². The van der Waals surface area contributed by atoms with Gasteiger partial charge in [0.15, 0.2) is 0 Å². The number of rotatable bonds is 15. The van der Waals surface area contributed by atoms with Gasteiger partial charge in [-0.05, 0) is 131 Å². The van der Waals surface area contributed by atoms with Gasteiger partial charge in [-0.3, -0.25) is 0 Å². The molecule has 2 saturated carbocycles. The van der Waals surface area contributed by atoms with Gasteiger partial charge in [0.05, 0.1) is 0 Å². The number of unbranched alkanes of at least 4 members (excludes halogenated alkanes) is 5. The van der Waals surface area contributed by atoms with E-state index in [9.17, 15) is 54.1 Å². The van der Waals surface area contributed by atoms with Crippen LogP contribution in [-0.2, 0) is 6.42 Å². The number of phenols is 1. The second-order valence-corrected chi connectivity index (χ2v) is 14.9. The Kier molecular flexibility index (Phi) is 12.0. The molecule has 0 aliphatic heterocycles. The van der Waals surface area contributed by atoms with Crippen LogP contribution in [0.5, 0.6) is 5.75 Å². The molecule has 2 N–H and O–H groups in total. The Labute approximate surface area is 281 Å². The Morgan fingerprint density at radius 2 is 1.49 bits per heavy atom. The van der Waals surface area contributed by atoms with Gasteiger partial charge in [0.1, 0.15) is 17.5 Å². The Bertz CT molecular complexity index is 1340. The van der Waals surface area contributed by atoms with Gasteiger partial charge in [-0.2, -0.15) is 39.5 Å². The molecule has 4 rings (SSSR count). The molecule has 1 aromatic rings. The summed E-state index contributed by atoms with van der Waals surface area (Å²) in [6.45, 7) is 3.38. The molecule has 3 nitrogen and oxygen atoms in total. The fourth-order valence-electron chi connectivity index (χ4n) is 9.08. The van der Waals surface area contributed by atoms with Gasteiger partial charge in [0, 0.05) is 11.8 Å². The van der Waals surface area contributed by atoms with Crippen LogP contribution in [0.3, 0.4) is 0 Å². The molecule has 0 radical (unpaired) electrons. The summed E-state index contributed by atoms with van der Waals surface area (Å²) in [5.74, 6) is -15.0. The summed E-state index contributed by atoms with van der Waals surface area (Å²) in [6, 6.07) is 5.60. The van der Waals surface area contributed by atoms with Crippen LogP contribution in [-0.4, -0.2) is 64.8 Å². The van der Waals surface area contributed by atoms with Gasteiger partial charge < -0.3 is 15.1 Å². The number of hydrogen-bond acceptors (Lipinski definition) is 3. The second-order valence-electron chi connectivity index (χ2n) is 14.9. The van der Waals surface area contributed by atoms with Gasteiger partial charge in [0.2, 0.25) is 0 Å². The number of nitrogens with zero attached hydrogens (tertiary/aromatic N) is 1. The Hall–Kier alpha value is -2.20. The van der Waals surface area contributed by atoms with E-state index in [4.69, 9.17) is 0 Å². The summed E-state index contributed by atoms with van der Waals surface area (Å²) in [6.07, 6.45) is 0.504. The van der Waals surface area contributed by atoms with E-state index in [1.54, 1.807) is 6.07 Å². The topological polar surface area (TPSA) is 43.7 Å². The average molecular weight is 716 g/mol. The number of fused-ring (bicyclic) bond motifs is 5. The van der Waals surface area contributed by atoms with Crippen molar-refractivity contribution in [3.8, 4) is 17.8 Å².